The molecule has 0 aliphatic rings. The number of carboxylic acid groups (broad SMARTS) is 1. The molecule has 0 radical (unpaired) electrons. The zero-order chi connectivity index (χ0) is 14.2. The van der Waals surface area contributed by atoms with Gasteiger partial charge in [-0.3, -0.25) is 10.1 Å². The third-order valence-corrected chi connectivity index (χ3v) is 3.50. The van der Waals surface area contributed by atoms with E-state index in [9.17, 15) is 14.9 Å². The number of non-ortho nitro benzene ring substituents is 1. The summed E-state index contributed by atoms with van der Waals surface area (Å²) in [6.07, 6.45) is 0. The van der Waals surface area contributed by atoms with Crippen molar-refractivity contribution in [2.24, 2.45) is 0 Å². The molecule has 1 heterocycles. The topological polar surface area (TPSA) is 98.3 Å². The summed E-state index contributed by atoms with van der Waals surface area (Å²) < 4.78 is 1.80. The monoisotopic (exact) mass is 325 g/mol. The van der Waals surface area contributed by atoms with E-state index in [1.807, 2.05) is 0 Å². The number of nitro benzene ring substituents is 1. The first-order valence-electron chi connectivity index (χ1n) is 5.15. The van der Waals surface area contributed by atoms with Gasteiger partial charge < -0.3 is 5.11 Å². The minimum Gasteiger partial charge on any atom is -0.476 e. The number of halogens is 1. The highest BCUT2D eigenvalue weighted by Gasteiger charge is 2.19. The maximum absolute atomic E-state index is 11.0. The first kappa shape index (κ1) is 13.2. The van der Waals surface area contributed by atoms with Gasteiger partial charge in [-0.2, -0.15) is 5.10 Å². The molecule has 1 aromatic carbocycles. The summed E-state index contributed by atoms with van der Waals surface area (Å²) in [6.45, 7) is 1.70. The molecule has 0 spiro atoms. The second-order valence-electron chi connectivity index (χ2n) is 3.74. The molecule has 2 aromatic rings. The third kappa shape index (κ3) is 2.34. The fourth-order valence-electron chi connectivity index (χ4n) is 1.59. The van der Waals surface area contributed by atoms with E-state index in [0.29, 0.717) is 15.9 Å². The van der Waals surface area contributed by atoms with Crippen LogP contribution in [0.4, 0.5) is 5.69 Å². The van der Waals surface area contributed by atoms with Crippen molar-refractivity contribution in [3.63, 3.8) is 0 Å². The van der Waals surface area contributed by atoms with E-state index in [4.69, 9.17) is 5.11 Å². The fourth-order valence-corrected chi connectivity index (χ4v) is 2.00. The van der Waals surface area contributed by atoms with Gasteiger partial charge in [-0.05, 0) is 35.0 Å². The Morgan fingerprint density at radius 2 is 2.00 bits per heavy atom. The summed E-state index contributed by atoms with van der Waals surface area (Å²) in [5.74, 6) is -1.14. The van der Waals surface area contributed by atoms with Gasteiger partial charge in [0.25, 0.3) is 5.69 Å². The molecular formula is C11H8BrN3O4. The first-order chi connectivity index (χ1) is 8.91. The van der Waals surface area contributed by atoms with Crippen LogP contribution in [0.25, 0.3) is 5.69 Å². The average Bonchev–Trinajstić information content (AvgIpc) is 2.67. The van der Waals surface area contributed by atoms with Gasteiger partial charge in [0.15, 0.2) is 5.69 Å². The van der Waals surface area contributed by atoms with Crippen molar-refractivity contribution in [3.8, 4) is 5.69 Å². The van der Waals surface area contributed by atoms with Crippen molar-refractivity contribution in [2.45, 2.75) is 6.92 Å². The summed E-state index contributed by atoms with van der Waals surface area (Å²) >= 11 is 3.16. The van der Waals surface area contributed by atoms with Gasteiger partial charge in [-0.1, -0.05) is 0 Å². The number of carbonyl (C=O) groups is 1. The Morgan fingerprint density at radius 1 is 1.42 bits per heavy atom. The highest BCUT2D eigenvalue weighted by Crippen LogP contribution is 2.24. The van der Waals surface area contributed by atoms with Crippen LogP contribution in [0, 0.1) is 17.0 Å². The van der Waals surface area contributed by atoms with Crippen molar-refractivity contribution >= 4 is 27.6 Å². The van der Waals surface area contributed by atoms with Crippen LogP contribution in [-0.2, 0) is 0 Å². The van der Waals surface area contributed by atoms with E-state index in [2.05, 4.69) is 21.0 Å². The number of rotatable bonds is 3. The Labute approximate surface area is 115 Å². The summed E-state index contributed by atoms with van der Waals surface area (Å²) in [4.78, 5) is 21.0. The maximum Gasteiger partial charge on any atom is 0.357 e. The number of hydrogen-bond acceptors (Lipinski definition) is 4. The molecule has 1 N–H and O–H groups in total. The number of carboxylic acids is 1. The normalized spacial score (nSPS) is 10.4. The summed E-state index contributed by atoms with van der Waals surface area (Å²) in [5, 5.41) is 23.5. The quantitative estimate of drug-likeness (QED) is 0.690. The van der Waals surface area contributed by atoms with Gasteiger partial charge >= 0.3 is 5.97 Å². The molecule has 2 rings (SSSR count). The number of nitrogens with zero attached hydrogens (tertiary/aromatic N) is 3. The van der Waals surface area contributed by atoms with Crippen LogP contribution in [0.3, 0.4) is 0 Å². The van der Waals surface area contributed by atoms with Crippen molar-refractivity contribution in [1.29, 1.82) is 0 Å². The lowest BCUT2D eigenvalue weighted by molar-refractivity contribution is -0.384. The van der Waals surface area contributed by atoms with Crippen molar-refractivity contribution in [2.75, 3.05) is 0 Å². The second-order valence-corrected chi connectivity index (χ2v) is 4.53. The van der Waals surface area contributed by atoms with Crippen LogP contribution in [0.5, 0.6) is 0 Å². The van der Waals surface area contributed by atoms with Crippen LogP contribution in [0.1, 0.15) is 16.2 Å². The van der Waals surface area contributed by atoms with E-state index in [0.717, 1.165) is 0 Å². The lowest BCUT2D eigenvalue weighted by atomic mass is 10.3. The molecule has 0 saturated heterocycles. The van der Waals surface area contributed by atoms with Crippen molar-refractivity contribution in [1.82, 2.24) is 9.78 Å². The Balaban J connectivity index is 2.50. The molecule has 7 nitrogen and oxygen atoms in total. The van der Waals surface area contributed by atoms with Gasteiger partial charge in [0.2, 0.25) is 0 Å². The van der Waals surface area contributed by atoms with Crippen LogP contribution in [-0.4, -0.2) is 25.8 Å². The van der Waals surface area contributed by atoms with E-state index < -0.39 is 10.9 Å². The molecule has 98 valence electrons. The predicted molar refractivity (Wildman–Crippen MR) is 69.6 cm³/mol. The highest BCUT2D eigenvalue weighted by molar-refractivity contribution is 9.10. The number of aromatic carboxylic acids is 1. The lowest BCUT2D eigenvalue weighted by Crippen LogP contribution is -2.02. The molecule has 19 heavy (non-hydrogen) atoms. The Morgan fingerprint density at radius 3 is 2.42 bits per heavy atom. The van der Waals surface area contributed by atoms with E-state index in [-0.39, 0.29) is 11.4 Å². The van der Waals surface area contributed by atoms with Crippen molar-refractivity contribution < 1.29 is 14.8 Å². The molecule has 0 bridgehead atoms. The van der Waals surface area contributed by atoms with E-state index >= 15 is 0 Å². The van der Waals surface area contributed by atoms with Gasteiger partial charge in [-0.25, -0.2) is 9.48 Å². The van der Waals surface area contributed by atoms with E-state index in [1.54, 1.807) is 6.92 Å². The number of hydrogen-bond donors (Lipinski definition) is 1. The molecular weight excluding hydrogens is 318 g/mol. The Kier molecular flexibility index (Phi) is 3.34. The Bertz CT molecular complexity index is 663. The fraction of sp³-hybridized carbons (Fsp3) is 0.0909. The smallest absolute Gasteiger partial charge is 0.357 e. The predicted octanol–water partition coefficient (Wildman–Crippen LogP) is 2.55. The number of nitro groups is 1. The zero-order valence-electron chi connectivity index (χ0n) is 9.70. The summed E-state index contributed by atoms with van der Waals surface area (Å²) in [6, 6.07) is 5.70. The van der Waals surface area contributed by atoms with Crippen LogP contribution < -0.4 is 0 Å². The SMILES string of the molecule is Cc1c(Br)c(C(=O)O)nn1-c1ccc([N+](=O)[O-])cc1. The summed E-state index contributed by atoms with van der Waals surface area (Å²) in [7, 11) is 0. The van der Waals surface area contributed by atoms with Crippen LogP contribution in [0.2, 0.25) is 0 Å². The molecule has 8 heteroatoms. The maximum atomic E-state index is 11.0. The third-order valence-electron chi connectivity index (χ3n) is 2.55. The molecule has 0 atom stereocenters. The van der Waals surface area contributed by atoms with Crippen LogP contribution >= 0.6 is 15.9 Å². The Hall–Kier alpha value is -2.22. The highest BCUT2D eigenvalue weighted by atomic mass is 79.9. The van der Waals surface area contributed by atoms with Gasteiger partial charge in [0.1, 0.15) is 0 Å². The van der Waals surface area contributed by atoms with Gasteiger partial charge in [-0.15, -0.1) is 0 Å². The minimum atomic E-state index is -1.14. The van der Waals surface area contributed by atoms with E-state index in [1.165, 1.54) is 28.9 Å². The molecule has 0 unspecified atom stereocenters. The average molecular weight is 326 g/mol. The molecule has 0 fully saturated rings. The number of benzene rings is 1. The molecule has 0 aliphatic carbocycles. The first-order valence-corrected chi connectivity index (χ1v) is 5.94. The molecule has 0 amide bonds. The summed E-state index contributed by atoms with van der Waals surface area (Å²) in [5.41, 5.74) is 1.02. The van der Waals surface area contributed by atoms with Gasteiger partial charge in [0.05, 0.1) is 20.8 Å². The lowest BCUT2D eigenvalue weighted by Gasteiger charge is -2.03. The molecule has 0 saturated carbocycles. The van der Waals surface area contributed by atoms with Gasteiger partial charge in [0, 0.05) is 12.1 Å². The minimum absolute atomic E-state index is 0.0360. The van der Waals surface area contributed by atoms with Crippen molar-refractivity contribution in [3.05, 3.63) is 50.2 Å². The molecule has 1 aromatic heterocycles. The second kappa shape index (κ2) is 4.81. The number of aromatic nitrogens is 2. The van der Waals surface area contributed by atoms with Crippen LogP contribution in [0.15, 0.2) is 28.7 Å². The largest absolute Gasteiger partial charge is 0.476 e. The standard InChI is InChI=1S/C11H8BrN3O4/c1-6-9(12)10(11(16)17)13-14(6)7-2-4-8(5-3-7)15(18)19/h2-5H,1H3,(H,16,17). The zero-order valence-corrected chi connectivity index (χ0v) is 11.3. The molecule has 0 aliphatic heterocycles.